The van der Waals surface area contributed by atoms with Gasteiger partial charge in [-0.3, -0.25) is 19.5 Å². The molecular formula is C15H16N6O2S. The number of fused-ring (bicyclic) bond motifs is 2. The Labute approximate surface area is 140 Å². The summed E-state index contributed by atoms with van der Waals surface area (Å²) < 4.78 is 1.77. The number of nitrogens with zero attached hydrogens (tertiary/aromatic N) is 4. The second-order valence-corrected chi connectivity index (χ2v) is 6.82. The van der Waals surface area contributed by atoms with Crippen molar-refractivity contribution in [1.29, 1.82) is 0 Å². The number of amides is 1. The number of hydrogen-bond acceptors (Lipinski definition) is 6. The number of aryl methyl sites for hydroxylation is 2. The molecule has 1 amide bonds. The first-order valence-electron chi connectivity index (χ1n) is 7.84. The van der Waals surface area contributed by atoms with E-state index in [9.17, 15) is 9.59 Å². The fraction of sp³-hybridized carbons (Fsp3) is 0.400. The summed E-state index contributed by atoms with van der Waals surface area (Å²) in [5, 5.41) is 9.47. The molecule has 0 fully saturated rings. The molecule has 0 bridgehead atoms. The fourth-order valence-electron chi connectivity index (χ4n) is 3.06. The number of carbonyl (C=O) groups excluding carboxylic acids is 1. The molecule has 24 heavy (non-hydrogen) atoms. The molecule has 124 valence electrons. The lowest BCUT2D eigenvalue weighted by molar-refractivity contribution is 0.102. The molecule has 0 atom stereocenters. The number of hydrogen-bond donors (Lipinski definition) is 2. The van der Waals surface area contributed by atoms with Gasteiger partial charge in [0.2, 0.25) is 5.95 Å². The van der Waals surface area contributed by atoms with Crippen LogP contribution in [0.3, 0.4) is 0 Å². The normalized spacial score (nSPS) is 14.4. The Bertz CT molecular complexity index is 972. The second kappa shape index (κ2) is 5.82. The molecule has 0 aromatic carbocycles. The summed E-state index contributed by atoms with van der Waals surface area (Å²) in [6.45, 7) is 2.49. The van der Waals surface area contributed by atoms with E-state index in [0.717, 1.165) is 31.5 Å². The first-order valence-corrected chi connectivity index (χ1v) is 8.66. The van der Waals surface area contributed by atoms with Gasteiger partial charge in [-0.25, -0.2) is 10.1 Å². The molecule has 0 radical (unpaired) electrons. The minimum atomic E-state index is -0.313. The monoisotopic (exact) mass is 344 g/mol. The van der Waals surface area contributed by atoms with Gasteiger partial charge >= 0.3 is 0 Å². The van der Waals surface area contributed by atoms with E-state index in [-0.39, 0.29) is 17.4 Å². The van der Waals surface area contributed by atoms with Gasteiger partial charge in [-0.2, -0.15) is 10.1 Å². The highest BCUT2D eigenvalue weighted by Crippen LogP contribution is 2.28. The van der Waals surface area contributed by atoms with Crippen molar-refractivity contribution in [1.82, 2.24) is 24.7 Å². The number of thiophene rings is 1. The van der Waals surface area contributed by atoms with Crippen LogP contribution in [0, 0.1) is 6.92 Å². The molecule has 0 saturated heterocycles. The molecule has 3 aromatic rings. The van der Waals surface area contributed by atoms with Gasteiger partial charge < -0.3 is 0 Å². The van der Waals surface area contributed by atoms with Gasteiger partial charge in [0, 0.05) is 13.0 Å². The van der Waals surface area contributed by atoms with Gasteiger partial charge in [0.15, 0.2) is 0 Å². The molecule has 9 heteroatoms. The van der Waals surface area contributed by atoms with Crippen LogP contribution in [0.4, 0.5) is 5.95 Å². The first-order chi connectivity index (χ1) is 11.6. The van der Waals surface area contributed by atoms with E-state index >= 15 is 0 Å². The van der Waals surface area contributed by atoms with Crippen LogP contribution in [-0.2, 0) is 13.0 Å². The van der Waals surface area contributed by atoms with Crippen molar-refractivity contribution in [3.8, 4) is 0 Å². The summed E-state index contributed by atoms with van der Waals surface area (Å²) in [7, 11) is 0. The van der Waals surface area contributed by atoms with E-state index in [1.54, 1.807) is 11.5 Å². The average Bonchev–Trinajstić information content (AvgIpc) is 3.09. The number of carbonyl (C=O) groups is 1. The van der Waals surface area contributed by atoms with Crippen LogP contribution in [-0.4, -0.2) is 30.6 Å². The van der Waals surface area contributed by atoms with Crippen molar-refractivity contribution < 1.29 is 4.79 Å². The van der Waals surface area contributed by atoms with E-state index in [1.165, 1.54) is 17.7 Å². The Morgan fingerprint density at radius 1 is 1.38 bits per heavy atom. The third kappa shape index (κ3) is 2.41. The predicted molar refractivity (Wildman–Crippen MR) is 90.5 cm³/mol. The predicted octanol–water partition coefficient (Wildman–Crippen LogP) is 1.86. The van der Waals surface area contributed by atoms with Crippen molar-refractivity contribution >= 4 is 33.4 Å². The number of rotatable bonds is 2. The molecular weight excluding hydrogens is 328 g/mol. The molecule has 0 spiro atoms. The molecule has 1 aliphatic heterocycles. The summed E-state index contributed by atoms with van der Waals surface area (Å²) in [6.07, 6.45) is 5.27. The summed E-state index contributed by atoms with van der Waals surface area (Å²) in [4.78, 5) is 35.0. The Kier molecular flexibility index (Phi) is 3.64. The van der Waals surface area contributed by atoms with Crippen LogP contribution in [0.5, 0.6) is 0 Å². The Morgan fingerprint density at radius 2 is 2.25 bits per heavy atom. The summed E-state index contributed by atoms with van der Waals surface area (Å²) in [5.74, 6) is 0.789. The van der Waals surface area contributed by atoms with Crippen LogP contribution in [0.25, 0.3) is 10.2 Å². The molecule has 4 heterocycles. The Balaban J connectivity index is 1.81. The zero-order valence-corrected chi connectivity index (χ0v) is 13.9. The van der Waals surface area contributed by atoms with Gasteiger partial charge in [0.25, 0.3) is 11.5 Å². The Morgan fingerprint density at radius 3 is 3.04 bits per heavy atom. The van der Waals surface area contributed by atoms with Gasteiger partial charge in [-0.05, 0) is 25.3 Å². The zero-order valence-electron chi connectivity index (χ0n) is 13.1. The molecule has 0 unspecified atom stereocenters. The van der Waals surface area contributed by atoms with Crippen LogP contribution in [0.15, 0.2) is 11.1 Å². The summed E-state index contributed by atoms with van der Waals surface area (Å²) >= 11 is 1.25. The van der Waals surface area contributed by atoms with Crippen molar-refractivity contribution in [2.75, 3.05) is 5.32 Å². The number of aromatic amines is 1. The maximum absolute atomic E-state index is 12.9. The Hall–Kier alpha value is -2.55. The van der Waals surface area contributed by atoms with Crippen LogP contribution in [0.2, 0.25) is 0 Å². The summed E-state index contributed by atoms with van der Waals surface area (Å²) in [5.41, 5.74) is 0.633. The lowest BCUT2D eigenvalue weighted by Gasteiger charge is -2.08. The number of H-pyrrole nitrogens is 1. The third-order valence-electron chi connectivity index (χ3n) is 4.26. The van der Waals surface area contributed by atoms with Crippen molar-refractivity contribution in [3.63, 3.8) is 0 Å². The fourth-order valence-corrected chi connectivity index (χ4v) is 4.14. The topological polar surface area (TPSA) is 106 Å². The molecule has 0 aliphatic carbocycles. The molecule has 1 aliphatic rings. The second-order valence-electron chi connectivity index (χ2n) is 5.82. The average molecular weight is 344 g/mol. The van der Waals surface area contributed by atoms with E-state index in [2.05, 4.69) is 25.5 Å². The quantitative estimate of drug-likeness (QED) is 0.738. The van der Waals surface area contributed by atoms with E-state index in [1.807, 2.05) is 0 Å². The van der Waals surface area contributed by atoms with Crippen LogP contribution >= 0.6 is 11.3 Å². The van der Waals surface area contributed by atoms with Gasteiger partial charge in [-0.1, -0.05) is 6.42 Å². The molecule has 2 N–H and O–H groups in total. The number of nitrogens with one attached hydrogen (secondary N) is 2. The maximum Gasteiger partial charge on any atom is 0.268 e. The summed E-state index contributed by atoms with van der Waals surface area (Å²) in [6, 6.07) is 0. The van der Waals surface area contributed by atoms with Crippen molar-refractivity contribution in [2.24, 2.45) is 0 Å². The standard InChI is InChI=1S/C15H16N6O2S/c1-8-10-13(18-9-5-3-2-4-6-21(9)14(10)23)24-11(8)12(22)19-15-16-7-17-20-15/h7H,2-6H2,1H3,(H2,16,17,19,20,22). The SMILES string of the molecule is Cc1c(C(=O)Nc2ncn[nH]2)sc2nc3n(c(=O)c12)CCCCC3. The lowest BCUT2D eigenvalue weighted by Crippen LogP contribution is -2.24. The van der Waals surface area contributed by atoms with E-state index < -0.39 is 0 Å². The minimum Gasteiger partial charge on any atom is -0.296 e. The molecule has 4 rings (SSSR count). The molecule has 8 nitrogen and oxygen atoms in total. The highest BCUT2D eigenvalue weighted by Gasteiger charge is 2.22. The molecule has 3 aromatic heterocycles. The van der Waals surface area contributed by atoms with E-state index in [0.29, 0.717) is 27.2 Å². The third-order valence-corrected chi connectivity index (χ3v) is 5.45. The van der Waals surface area contributed by atoms with Gasteiger partial charge in [-0.15, -0.1) is 11.3 Å². The van der Waals surface area contributed by atoms with Gasteiger partial charge in [0.1, 0.15) is 17.0 Å². The lowest BCUT2D eigenvalue weighted by atomic mass is 10.2. The minimum absolute atomic E-state index is 0.0376. The highest BCUT2D eigenvalue weighted by molar-refractivity contribution is 7.20. The first kappa shape index (κ1) is 15.0. The number of anilines is 1. The zero-order chi connectivity index (χ0) is 16.7. The van der Waals surface area contributed by atoms with Crippen LogP contribution < -0.4 is 10.9 Å². The van der Waals surface area contributed by atoms with E-state index in [4.69, 9.17) is 0 Å². The maximum atomic E-state index is 12.9. The smallest absolute Gasteiger partial charge is 0.268 e. The molecule has 0 saturated carbocycles. The van der Waals surface area contributed by atoms with Crippen molar-refractivity contribution in [3.05, 3.63) is 32.9 Å². The van der Waals surface area contributed by atoms with Gasteiger partial charge in [0.05, 0.1) is 10.3 Å². The van der Waals surface area contributed by atoms with Crippen LogP contribution in [0.1, 0.15) is 40.3 Å². The number of aromatic nitrogens is 5. The largest absolute Gasteiger partial charge is 0.296 e. The highest BCUT2D eigenvalue weighted by atomic mass is 32.1. The van der Waals surface area contributed by atoms with Crippen molar-refractivity contribution in [2.45, 2.75) is 39.2 Å².